The SMILES string of the molecule is CCN(CC(=O)NN1C(=O)NC(C)(CCc2ccccc2)C1=O)C(C)c1ccc(C#N)cc1. The summed E-state index contributed by atoms with van der Waals surface area (Å²) >= 11 is 0. The van der Waals surface area contributed by atoms with E-state index in [1.54, 1.807) is 19.1 Å². The summed E-state index contributed by atoms with van der Waals surface area (Å²) < 4.78 is 0. The Morgan fingerprint density at radius 2 is 1.85 bits per heavy atom. The van der Waals surface area contributed by atoms with Crippen LogP contribution in [0.15, 0.2) is 54.6 Å². The van der Waals surface area contributed by atoms with Crippen LogP contribution in [0.5, 0.6) is 0 Å². The van der Waals surface area contributed by atoms with Crippen molar-refractivity contribution < 1.29 is 14.4 Å². The van der Waals surface area contributed by atoms with Gasteiger partial charge in [0.25, 0.3) is 11.8 Å². The largest absolute Gasteiger partial charge is 0.344 e. The Labute approximate surface area is 194 Å². The molecule has 2 N–H and O–H groups in total. The first-order valence-electron chi connectivity index (χ1n) is 11.0. The number of likely N-dealkylation sites (N-methyl/N-ethyl adjacent to an activating group) is 1. The molecule has 0 radical (unpaired) electrons. The summed E-state index contributed by atoms with van der Waals surface area (Å²) in [5, 5.41) is 12.5. The van der Waals surface area contributed by atoms with Crippen LogP contribution in [0.2, 0.25) is 0 Å². The van der Waals surface area contributed by atoms with Crippen molar-refractivity contribution >= 4 is 17.8 Å². The fraction of sp³-hybridized carbons (Fsp3) is 0.360. The van der Waals surface area contributed by atoms with E-state index >= 15 is 0 Å². The van der Waals surface area contributed by atoms with Gasteiger partial charge in [-0.3, -0.25) is 19.9 Å². The summed E-state index contributed by atoms with van der Waals surface area (Å²) in [6.45, 7) is 6.17. The molecule has 1 fully saturated rings. The Bertz CT molecular complexity index is 1050. The van der Waals surface area contributed by atoms with Gasteiger partial charge < -0.3 is 5.32 Å². The fourth-order valence-electron chi connectivity index (χ4n) is 3.91. The molecule has 2 aromatic carbocycles. The lowest BCUT2D eigenvalue weighted by atomic mass is 9.93. The number of aryl methyl sites for hydroxylation is 1. The van der Waals surface area contributed by atoms with E-state index in [1.165, 1.54) is 0 Å². The zero-order chi connectivity index (χ0) is 24.0. The van der Waals surface area contributed by atoms with Crippen LogP contribution in [0.1, 0.15) is 49.9 Å². The average Bonchev–Trinajstić information content (AvgIpc) is 3.04. The maximum absolute atomic E-state index is 13.0. The Kier molecular flexibility index (Phi) is 7.46. The van der Waals surface area contributed by atoms with Crippen molar-refractivity contribution in [3.8, 4) is 6.07 Å². The van der Waals surface area contributed by atoms with Crippen molar-refractivity contribution in [1.82, 2.24) is 20.7 Å². The van der Waals surface area contributed by atoms with Gasteiger partial charge in [-0.15, -0.1) is 0 Å². The number of nitrogens with zero attached hydrogens (tertiary/aromatic N) is 3. The number of hydrogen-bond donors (Lipinski definition) is 2. The van der Waals surface area contributed by atoms with Gasteiger partial charge in [0.05, 0.1) is 18.2 Å². The molecule has 1 saturated heterocycles. The minimum Gasteiger partial charge on any atom is -0.322 e. The molecule has 2 atom stereocenters. The van der Waals surface area contributed by atoms with Crippen LogP contribution in [0, 0.1) is 11.3 Å². The first kappa shape index (κ1) is 24.0. The molecule has 0 saturated carbocycles. The minimum absolute atomic E-state index is 0.00938. The summed E-state index contributed by atoms with van der Waals surface area (Å²) in [5.74, 6) is -0.923. The molecule has 33 heavy (non-hydrogen) atoms. The molecule has 1 heterocycles. The minimum atomic E-state index is -1.08. The van der Waals surface area contributed by atoms with Gasteiger partial charge in [0, 0.05) is 6.04 Å². The third-order valence-corrected chi connectivity index (χ3v) is 6.08. The number of rotatable bonds is 9. The molecule has 1 aliphatic heterocycles. The predicted molar refractivity (Wildman–Crippen MR) is 124 cm³/mol. The lowest BCUT2D eigenvalue weighted by Gasteiger charge is -2.28. The van der Waals surface area contributed by atoms with Crippen molar-refractivity contribution in [2.45, 2.75) is 45.2 Å². The van der Waals surface area contributed by atoms with Gasteiger partial charge >= 0.3 is 6.03 Å². The second-order valence-corrected chi connectivity index (χ2v) is 8.40. The van der Waals surface area contributed by atoms with E-state index in [-0.39, 0.29) is 12.6 Å². The molecule has 2 aromatic rings. The van der Waals surface area contributed by atoms with Gasteiger partial charge in [0.1, 0.15) is 5.54 Å². The highest BCUT2D eigenvalue weighted by Crippen LogP contribution is 2.23. The number of carbonyl (C=O) groups is 3. The van der Waals surface area contributed by atoms with Gasteiger partial charge in [0.2, 0.25) is 0 Å². The number of nitrogens with one attached hydrogen (secondary N) is 2. The first-order chi connectivity index (χ1) is 15.8. The van der Waals surface area contributed by atoms with Gasteiger partial charge in [-0.25, -0.2) is 4.79 Å². The second-order valence-electron chi connectivity index (χ2n) is 8.40. The van der Waals surface area contributed by atoms with E-state index in [4.69, 9.17) is 5.26 Å². The Morgan fingerprint density at radius 3 is 2.45 bits per heavy atom. The monoisotopic (exact) mass is 447 g/mol. The summed E-state index contributed by atoms with van der Waals surface area (Å²) in [4.78, 5) is 40.0. The molecule has 4 amide bonds. The van der Waals surface area contributed by atoms with Gasteiger partial charge in [-0.1, -0.05) is 49.4 Å². The normalized spacial score (nSPS) is 18.7. The van der Waals surface area contributed by atoms with E-state index in [0.29, 0.717) is 24.9 Å². The van der Waals surface area contributed by atoms with Crippen LogP contribution in [-0.4, -0.2) is 46.4 Å². The summed E-state index contributed by atoms with van der Waals surface area (Å²) in [5.41, 5.74) is 3.99. The Hall–Kier alpha value is -3.70. The molecule has 2 unspecified atom stereocenters. The second kappa shape index (κ2) is 10.3. The van der Waals surface area contributed by atoms with Crippen LogP contribution in [0.4, 0.5) is 4.79 Å². The van der Waals surface area contributed by atoms with Crippen LogP contribution in [0.25, 0.3) is 0 Å². The van der Waals surface area contributed by atoms with Crippen molar-refractivity contribution in [3.63, 3.8) is 0 Å². The molecule has 3 rings (SSSR count). The number of benzene rings is 2. The smallest absolute Gasteiger partial charge is 0.322 e. The number of carbonyl (C=O) groups excluding carboxylic acids is 3. The topological polar surface area (TPSA) is 106 Å². The number of nitriles is 1. The van der Waals surface area contributed by atoms with Crippen LogP contribution < -0.4 is 10.7 Å². The fourth-order valence-corrected chi connectivity index (χ4v) is 3.91. The highest BCUT2D eigenvalue weighted by atomic mass is 16.2. The van der Waals surface area contributed by atoms with Crippen LogP contribution >= 0.6 is 0 Å². The number of urea groups is 1. The van der Waals surface area contributed by atoms with Crippen molar-refractivity contribution in [2.75, 3.05) is 13.1 Å². The zero-order valence-corrected chi connectivity index (χ0v) is 19.2. The summed E-state index contributed by atoms with van der Waals surface area (Å²) in [6.07, 6.45) is 1.04. The molecule has 172 valence electrons. The van der Waals surface area contributed by atoms with Crippen LogP contribution in [0.3, 0.4) is 0 Å². The van der Waals surface area contributed by atoms with E-state index < -0.39 is 23.4 Å². The number of amides is 4. The molecule has 0 aliphatic carbocycles. The van der Waals surface area contributed by atoms with E-state index in [1.807, 2.05) is 61.2 Å². The number of hydrazine groups is 1. The van der Waals surface area contributed by atoms with Crippen molar-refractivity contribution in [2.24, 2.45) is 0 Å². The quantitative estimate of drug-likeness (QED) is 0.575. The van der Waals surface area contributed by atoms with Gasteiger partial charge in [0.15, 0.2) is 0 Å². The molecule has 0 bridgehead atoms. The summed E-state index contributed by atoms with van der Waals surface area (Å²) in [6, 6.07) is 18.3. The third kappa shape index (κ3) is 5.57. The predicted octanol–water partition coefficient (Wildman–Crippen LogP) is 2.92. The molecule has 1 aliphatic rings. The maximum Gasteiger partial charge on any atom is 0.344 e. The van der Waals surface area contributed by atoms with Crippen LogP contribution in [-0.2, 0) is 16.0 Å². The summed E-state index contributed by atoms with van der Waals surface area (Å²) in [7, 11) is 0. The first-order valence-corrected chi connectivity index (χ1v) is 11.0. The molecule has 8 heteroatoms. The molecule has 8 nitrogen and oxygen atoms in total. The maximum atomic E-state index is 13.0. The molecule has 0 spiro atoms. The highest BCUT2D eigenvalue weighted by molar-refractivity contribution is 6.07. The highest BCUT2D eigenvalue weighted by Gasteiger charge is 2.48. The molecular formula is C25H29N5O3. The lowest BCUT2D eigenvalue weighted by Crippen LogP contribution is -2.51. The van der Waals surface area contributed by atoms with E-state index in [2.05, 4.69) is 16.8 Å². The van der Waals surface area contributed by atoms with Gasteiger partial charge in [-0.05, 0) is 56.5 Å². The Morgan fingerprint density at radius 1 is 1.18 bits per heavy atom. The number of imide groups is 1. The van der Waals surface area contributed by atoms with Gasteiger partial charge in [-0.2, -0.15) is 10.3 Å². The zero-order valence-electron chi connectivity index (χ0n) is 19.2. The average molecular weight is 448 g/mol. The Balaban J connectivity index is 1.60. The third-order valence-electron chi connectivity index (χ3n) is 6.08. The lowest BCUT2D eigenvalue weighted by molar-refractivity contribution is -0.139. The molecule has 0 aromatic heterocycles. The van der Waals surface area contributed by atoms with E-state index in [0.717, 1.165) is 16.1 Å². The number of hydrogen-bond acceptors (Lipinski definition) is 5. The van der Waals surface area contributed by atoms with Crippen molar-refractivity contribution in [1.29, 1.82) is 5.26 Å². The van der Waals surface area contributed by atoms with E-state index in [9.17, 15) is 14.4 Å². The van der Waals surface area contributed by atoms with Crippen molar-refractivity contribution in [3.05, 3.63) is 71.3 Å². The molecular weight excluding hydrogens is 418 g/mol. The standard InChI is InChI=1S/C25H29N5O3/c1-4-29(18(2)21-12-10-20(16-26)11-13-21)17-22(31)28-30-23(32)25(3,27-24(30)33)15-14-19-8-6-5-7-9-19/h5-13,18H,4,14-15,17H2,1-3H3,(H,27,33)(H,28,31).